The Bertz CT molecular complexity index is 454. The zero-order valence-electron chi connectivity index (χ0n) is 14.8. The maximum Gasteiger partial charge on any atom is 0.310 e. The van der Waals surface area contributed by atoms with Gasteiger partial charge in [0.1, 0.15) is 0 Å². The molecule has 1 unspecified atom stereocenters. The predicted molar refractivity (Wildman–Crippen MR) is 106 cm³/mol. The summed E-state index contributed by atoms with van der Waals surface area (Å²) in [4.78, 5) is 18.5. The topological polar surface area (TPSA) is 63.2 Å². The van der Waals surface area contributed by atoms with Gasteiger partial charge in [-0.25, -0.2) is 0 Å². The molecular formula is C17H30IN3O3. The van der Waals surface area contributed by atoms with Crippen LogP contribution in [0.4, 0.5) is 0 Å². The van der Waals surface area contributed by atoms with Gasteiger partial charge in [-0.05, 0) is 32.6 Å². The van der Waals surface area contributed by atoms with E-state index in [2.05, 4.69) is 21.3 Å². The van der Waals surface area contributed by atoms with Gasteiger partial charge in [0.25, 0.3) is 0 Å². The molecule has 2 aliphatic rings. The lowest BCUT2D eigenvalue weighted by atomic mass is 9.98. The number of rotatable bonds is 5. The minimum atomic E-state index is -0.0833. The molecule has 0 amide bonds. The maximum atomic E-state index is 11.9. The number of hydrogen-bond donors (Lipinski definition) is 1. The molecule has 0 bridgehead atoms. The minimum Gasteiger partial charge on any atom is -0.466 e. The van der Waals surface area contributed by atoms with E-state index in [-0.39, 0.29) is 35.9 Å². The average molecular weight is 451 g/mol. The van der Waals surface area contributed by atoms with Crippen molar-refractivity contribution in [1.82, 2.24) is 10.2 Å². The van der Waals surface area contributed by atoms with E-state index in [0.717, 1.165) is 57.9 Å². The Morgan fingerprint density at radius 3 is 3.04 bits per heavy atom. The molecule has 0 saturated carbocycles. The van der Waals surface area contributed by atoms with E-state index in [1.807, 2.05) is 6.92 Å². The lowest BCUT2D eigenvalue weighted by molar-refractivity contribution is -0.149. The van der Waals surface area contributed by atoms with Crippen molar-refractivity contribution in [2.45, 2.75) is 32.6 Å². The molecule has 2 aliphatic heterocycles. The van der Waals surface area contributed by atoms with Crippen molar-refractivity contribution in [3.05, 3.63) is 11.6 Å². The monoisotopic (exact) mass is 451 g/mol. The first-order valence-electron chi connectivity index (χ1n) is 8.62. The number of nitrogens with zero attached hydrogens (tertiary/aromatic N) is 2. The van der Waals surface area contributed by atoms with Gasteiger partial charge in [-0.2, -0.15) is 0 Å². The van der Waals surface area contributed by atoms with Crippen molar-refractivity contribution in [1.29, 1.82) is 0 Å². The Hall–Kier alpha value is -0.830. The third-order valence-electron chi connectivity index (χ3n) is 4.34. The Labute approximate surface area is 162 Å². The van der Waals surface area contributed by atoms with E-state index in [4.69, 9.17) is 9.47 Å². The number of nitrogens with one attached hydrogen (secondary N) is 1. The molecule has 6 nitrogen and oxygen atoms in total. The van der Waals surface area contributed by atoms with Crippen LogP contribution in [0.1, 0.15) is 32.6 Å². The highest BCUT2D eigenvalue weighted by atomic mass is 127. The Balaban J connectivity index is 0.00000288. The summed E-state index contributed by atoms with van der Waals surface area (Å²) in [5, 5.41) is 3.42. The van der Waals surface area contributed by atoms with Crippen LogP contribution in [-0.2, 0) is 14.3 Å². The van der Waals surface area contributed by atoms with Crippen LogP contribution in [0.25, 0.3) is 0 Å². The standard InChI is InChI=1S/C17H29N3O3.HI/c1-3-23-16(21)15-5-4-10-20(13-15)17(18-2)19-9-6-14-7-11-22-12-8-14;/h7,15H,3-6,8-13H2,1-2H3,(H,18,19);1H. The van der Waals surface area contributed by atoms with Crippen LogP contribution in [0.3, 0.4) is 0 Å². The van der Waals surface area contributed by atoms with E-state index in [0.29, 0.717) is 13.2 Å². The summed E-state index contributed by atoms with van der Waals surface area (Å²) in [5.41, 5.74) is 1.45. The third kappa shape index (κ3) is 6.58. The summed E-state index contributed by atoms with van der Waals surface area (Å²) in [6, 6.07) is 0. The van der Waals surface area contributed by atoms with Crippen LogP contribution < -0.4 is 5.32 Å². The quantitative estimate of drug-likeness (QED) is 0.228. The number of esters is 1. The molecule has 1 fully saturated rings. The van der Waals surface area contributed by atoms with E-state index in [9.17, 15) is 4.79 Å². The summed E-state index contributed by atoms with van der Waals surface area (Å²) in [7, 11) is 1.80. The van der Waals surface area contributed by atoms with Gasteiger partial charge in [0.2, 0.25) is 0 Å². The zero-order valence-corrected chi connectivity index (χ0v) is 17.1. The number of ether oxygens (including phenoxy) is 2. The largest absolute Gasteiger partial charge is 0.466 e. The fraction of sp³-hybridized carbons (Fsp3) is 0.765. The van der Waals surface area contributed by atoms with Crippen molar-refractivity contribution in [3.8, 4) is 0 Å². The molecule has 0 spiro atoms. The Kier molecular flexibility index (Phi) is 10.3. The number of piperidine rings is 1. The van der Waals surface area contributed by atoms with Gasteiger partial charge in [-0.15, -0.1) is 24.0 Å². The zero-order chi connectivity index (χ0) is 16.5. The second-order valence-corrected chi connectivity index (χ2v) is 5.95. The molecule has 0 aromatic heterocycles. The molecule has 0 aromatic carbocycles. The maximum absolute atomic E-state index is 11.9. The number of hydrogen-bond acceptors (Lipinski definition) is 4. The van der Waals surface area contributed by atoms with E-state index in [1.165, 1.54) is 5.57 Å². The first-order valence-corrected chi connectivity index (χ1v) is 8.62. The van der Waals surface area contributed by atoms with Gasteiger partial charge < -0.3 is 19.7 Å². The van der Waals surface area contributed by atoms with E-state index < -0.39 is 0 Å². The second kappa shape index (κ2) is 11.7. The van der Waals surface area contributed by atoms with E-state index in [1.54, 1.807) is 7.05 Å². The molecule has 2 heterocycles. The summed E-state index contributed by atoms with van der Waals surface area (Å²) in [6.45, 7) is 6.34. The molecule has 1 N–H and O–H groups in total. The van der Waals surface area contributed by atoms with E-state index >= 15 is 0 Å². The lowest BCUT2D eigenvalue weighted by Crippen LogP contribution is -2.48. The summed E-state index contributed by atoms with van der Waals surface area (Å²) >= 11 is 0. The molecule has 138 valence electrons. The summed E-state index contributed by atoms with van der Waals surface area (Å²) < 4.78 is 10.5. The first kappa shape index (κ1) is 21.2. The van der Waals surface area contributed by atoms with Crippen molar-refractivity contribution < 1.29 is 14.3 Å². The van der Waals surface area contributed by atoms with Gasteiger partial charge in [-0.3, -0.25) is 9.79 Å². The average Bonchev–Trinajstić information content (AvgIpc) is 2.60. The molecule has 1 saturated heterocycles. The van der Waals surface area contributed by atoms with Crippen LogP contribution in [0.15, 0.2) is 16.6 Å². The van der Waals surface area contributed by atoms with Crippen molar-refractivity contribution in [3.63, 3.8) is 0 Å². The lowest BCUT2D eigenvalue weighted by Gasteiger charge is -2.34. The highest BCUT2D eigenvalue weighted by Gasteiger charge is 2.28. The van der Waals surface area contributed by atoms with Crippen molar-refractivity contribution in [2.75, 3.05) is 46.5 Å². The minimum absolute atomic E-state index is 0. The molecule has 1 atom stereocenters. The number of guanidine groups is 1. The van der Waals surface area contributed by atoms with Gasteiger partial charge in [0.05, 0.1) is 25.7 Å². The highest BCUT2D eigenvalue weighted by molar-refractivity contribution is 14.0. The third-order valence-corrected chi connectivity index (χ3v) is 4.34. The number of carbonyl (C=O) groups is 1. The Morgan fingerprint density at radius 2 is 2.38 bits per heavy atom. The van der Waals surface area contributed by atoms with Crippen molar-refractivity contribution >= 4 is 35.9 Å². The fourth-order valence-corrected chi connectivity index (χ4v) is 3.08. The summed E-state index contributed by atoms with van der Waals surface area (Å²) in [5.74, 6) is 0.757. The molecule has 0 aliphatic carbocycles. The van der Waals surface area contributed by atoms with Crippen LogP contribution in [0, 0.1) is 5.92 Å². The Morgan fingerprint density at radius 1 is 1.54 bits per heavy atom. The number of halogens is 1. The van der Waals surface area contributed by atoms with Gasteiger partial charge in [0, 0.05) is 26.7 Å². The van der Waals surface area contributed by atoms with Crippen LogP contribution in [0.5, 0.6) is 0 Å². The number of aliphatic imine (C=N–C) groups is 1. The molecule has 0 radical (unpaired) electrons. The van der Waals surface area contributed by atoms with Crippen LogP contribution in [0.2, 0.25) is 0 Å². The van der Waals surface area contributed by atoms with Gasteiger partial charge in [-0.1, -0.05) is 11.6 Å². The molecular weight excluding hydrogens is 421 g/mol. The smallest absolute Gasteiger partial charge is 0.310 e. The number of carbonyl (C=O) groups excluding carboxylic acids is 1. The molecule has 0 aromatic rings. The fourth-order valence-electron chi connectivity index (χ4n) is 3.08. The first-order chi connectivity index (χ1) is 11.2. The highest BCUT2D eigenvalue weighted by Crippen LogP contribution is 2.18. The van der Waals surface area contributed by atoms with Gasteiger partial charge >= 0.3 is 5.97 Å². The molecule has 2 rings (SSSR count). The van der Waals surface area contributed by atoms with Crippen LogP contribution >= 0.6 is 24.0 Å². The van der Waals surface area contributed by atoms with Gasteiger partial charge in [0.15, 0.2) is 5.96 Å². The van der Waals surface area contributed by atoms with Crippen LogP contribution in [-0.4, -0.2) is 63.3 Å². The SMILES string of the molecule is CCOC(=O)C1CCCN(C(=NC)NCCC2=CCOCC2)C1.I. The summed E-state index contributed by atoms with van der Waals surface area (Å²) in [6.07, 6.45) is 6.10. The van der Waals surface area contributed by atoms with Crippen molar-refractivity contribution in [2.24, 2.45) is 10.9 Å². The normalized spacial score (nSPS) is 21.6. The predicted octanol–water partition coefficient (Wildman–Crippen LogP) is 2.19. The second-order valence-electron chi connectivity index (χ2n) is 5.95. The molecule has 7 heteroatoms. The molecule has 24 heavy (non-hydrogen) atoms. The number of likely N-dealkylation sites (tertiary alicyclic amines) is 1.